The van der Waals surface area contributed by atoms with Crippen LogP contribution < -0.4 is 14.8 Å². The van der Waals surface area contributed by atoms with Crippen LogP contribution in [0.5, 0.6) is 11.5 Å². The second kappa shape index (κ2) is 8.39. The summed E-state index contributed by atoms with van der Waals surface area (Å²) < 4.78 is 11.3. The lowest BCUT2D eigenvalue weighted by atomic mass is 9.83. The third-order valence-corrected chi connectivity index (χ3v) is 7.64. The summed E-state index contributed by atoms with van der Waals surface area (Å²) in [5.74, 6) is 3.05. The van der Waals surface area contributed by atoms with E-state index in [0.29, 0.717) is 25.6 Å². The van der Waals surface area contributed by atoms with Gasteiger partial charge in [0.05, 0.1) is 0 Å². The third kappa shape index (κ3) is 4.30. The molecule has 0 atom stereocenters. The molecule has 30 heavy (non-hydrogen) atoms. The van der Waals surface area contributed by atoms with Crippen molar-refractivity contribution < 1.29 is 19.4 Å². The molecule has 2 N–H and O–H groups in total. The Morgan fingerprint density at radius 1 is 1.10 bits per heavy atom. The molecule has 0 aromatic heterocycles. The number of nitrogens with one attached hydrogen (secondary N) is 1. The van der Waals surface area contributed by atoms with Crippen LogP contribution >= 0.6 is 0 Å². The second-order valence-electron chi connectivity index (χ2n) is 9.71. The molecule has 6 heteroatoms. The Morgan fingerprint density at radius 2 is 1.87 bits per heavy atom. The molecule has 6 nitrogen and oxygen atoms in total. The number of para-hydroxylation sites is 1. The van der Waals surface area contributed by atoms with Gasteiger partial charge in [0.15, 0.2) is 11.5 Å². The molecule has 1 aromatic carbocycles. The monoisotopic (exact) mass is 414 g/mol. The number of aliphatic hydroxyl groups is 1. The maximum absolute atomic E-state index is 12.0. The van der Waals surface area contributed by atoms with Gasteiger partial charge in [0.2, 0.25) is 6.79 Å². The topological polar surface area (TPSA) is 71.0 Å². The number of fused-ring (bicyclic) bond motifs is 1. The Hall–Kier alpha value is -1.79. The normalized spacial score (nSPS) is 28.3. The van der Waals surface area contributed by atoms with Crippen LogP contribution in [0.2, 0.25) is 0 Å². The maximum atomic E-state index is 12.0. The number of nitrogens with zero attached hydrogens (tertiary/aromatic N) is 1. The lowest BCUT2D eigenvalue weighted by Crippen LogP contribution is -2.44. The molecule has 2 saturated carbocycles. The first-order valence-corrected chi connectivity index (χ1v) is 11.7. The minimum absolute atomic E-state index is 0.144. The van der Waals surface area contributed by atoms with Gasteiger partial charge in [-0.05, 0) is 95.3 Å². The number of benzene rings is 1. The summed E-state index contributed by atoms with van der Waals surface area (Å²) in [4.78, 5) is 14.6. The zero-order chi connectivity index (χ0) is 20.6. The van der Waals surface area contributed by atoms with Crippen LogP contribution in [-0.2, 0) is 4.79 Å². The standard InChI is InChI=1S/C24H34N2O4/c27-23(24(28)11-12-24)25-19-6-4-17(5-7-19)8-13-26-14-9-18(10-15-26)20-2-1-3-21-22(20)30-16-29-21/h1-3,17-19,28H,4-16H2,(H,25,27). The Labute approximate surface area is 178 Å². The molecule has 1 aromatic rings. The Kier molecular flexibility index (Phi) is 5.63. The number of amides is 1. The molecule has 4 aliphatic rings. The predicted molar refractivity (Wildman–Crippen MR) is 114 cm³/mol. The number of hydrogen-bond donors (Lipinski definition) is 2. The fourth-order valence-electron chi connectivity index (χ4n) is 5.37. The largest absolute Gasteiger partial charge is 0.454 e. The lowest BCUT2D eigenvalue weighted by molar-refractivity contribution is -0.132. The second-order valence-corrected chi connectivity index (χ2v) is 9.71. The number of rotatable bonds is 6. The molecule has 0 radical (unpaired) electrons. The first-order valence-electron chi connectivity index (χ1n) is 11.7. The van der Waals surface area contributed by atoms with E-state index in [1.54, 1.807) is 0 Å². The van der Waals surface area contributed by atoms with Crippen molar-refractivity contribution in [3.63, 3.8) is 0 Å². The number of carbonyl (C=O) groups excluding carboxylic acids is 1. The highest BCUT2D eigenvalue weighted by Crippen LogP contribution is 2.42. The molecular weight excluding hydrogens is 380 g/mol. The van der Waals surface area contributed by atoms with Crippen molar-refractivity contribution in [3.8, 4) is 11.5 Å². The zero-order valence-electron chi connectivity index (χ0n) is 17.8. The summed E-state index contributed by atoms with van der Waals surface area (Å²) in [6.07, 6.45) is 9.35. The van der Waals surface area contributed by atoms with Crippen molar-refractivity contribution in [2.45, 2.75) is 75.3 Å². The highest BCUT2D eigenvalue weighted by Gasteiger charge is 2.48. The van der Waals surface area contributed by atoms with E-state index in [1.165, 1.54) is 44.2 Å². The van der Waals surface area contributed by atoms with Gasteiger partial charge >= 0.3 is 0 Å². The van der Waals surface area contributed by atoms with Crippen molar-refractivity contribution >= 4 is 5.91 Å². The summed E-state index contributed by atoms with van der Waals surface area (Å²) in [6.45, 7) is 3.83. The van der Waals surface area contributed by atoms with Crippen molar-refractivity contribution in [1.29, 1.82) is 0 Å². The molecule has 1 saturated heterocycles. The van der Waals surface area contributed by atoms with Gasteiger partial charge in [-0.3, -0.25) is 4.79 Å². The SMILES string of the molecule is O=C(NC1CCC(CCN2CCC(c3cccc4c3OCO4)CC2)CC1)C1(O)CC1. The van der Waals surface area contributed by atoms with E-state index >= 15 is 0 Å². The summed E-state index contributed by atoms with van der Waals surface area (Å²) in [5.41, 5.74) is 0.281. The van der Waals surface area contributed by atoms with E-state index in [4.69, 9.17) is 9.47 Å². The van der Waals surface area contributed by atoms with E-state index in [-0.39, 0.29) is 11.9 Å². The highest BCUT2D eigenvalue weighted by atomic mass is 16.7. The number of ether oxygens (including phenoxy) is 2. The predicted octanol–water partition coefficient (Wildman–Crippen LogP) is 3.18. The van der Waals surface area contributed by atoms with E-state index in [1.807, 2.05) is 6.07 Å². The minimum Gasteiger partial charge on any atom is -0.454 e. The van der Waals surface area contributed by atoms with Crippen LogP contribution in [0.4, 0.5) is 0 Å². The van der Waals surface area contributed by atoms with Gasteiger partial charge in [-0.2, -0.15) is 0 Å². The van der Waals surface area contributed by atoms with Crippen LogP contribution in [0, 0.1) is 5.92 Å². The molecule has 0 spiro atoms. The fraction of sp³-hybridized carbons (Fsp3) is 0.708. The number of hydrogen-bond acceptors (Lipinski definition) is 5. The smallest absolute Gasteiger partial charge is 0.252 e. The lowest BCUT2D eigenvalue weighted by Gasteiger charge is -2.35. The average molecular weight is 415 g/mol. The summed E-state index contributed by atoms with van der Waals surface area (Å²) in [5, 5.41) is 13.0. The van der Waals surface area contributed by atoms with Crippen LogP contribution in [0.3, 0.4) is 0 Å². The van der Waals surface area contributed by atoms with Crippen LogP contribution in [0.1, 0.15) is 69.3 Å². The zero-order valence-corrected chi connectivity index (χ0v) is 17.8. The van der Waals surface area contributed by atoms with Crippen molar-refractivity contribution in [3.05, 3.63) is 23.8 Å². The molecule has 0 unspecified atom stereocenters. The van der Waals surface area contributed by atoms with Gasteiger partial charge in [0.25, 0.3) is 5.91 Å². The van der Waals surface area contributed by atoms with Gasteiger partial charge in [-0.15, -0.1) is 0 Å². The van der Waals surface area contributed by atoms with Gasteiger partial charge in [-0.1, -0.05) is 12.1 Å². The molecule has 164 valence electrons. The van der Waals surface area contributed by atoms with Gasteiger partial charge < -0.3 is 24.8 Å². The summed E-state index contributed by atoms with van der Waals surface area (Å²) in [7, 11) is 0. The van der Waals surface area contributed by atoms with E-state index < -0.39 is 5.60 Å². The Bertz CT molecular complexity index is 762. The van der Waals surface area contributed by atoms with Gasteiger partial charge in [-0.25, -0.2) is 0 Å². The number of likely N-dealkylation sites (tertiary alicyclic amines) is 1. The molecular formula is C24H34N2O4. The first-order chi connectivity index (χ1) is 14.6. The molecule has 0 bridgehead atoms. The average Bonchev–Trinajstić information content (AvgIpc) is 3.34. The van der Waals surface area contributed by atoms with Gasteiger partial charge in [0, 0.05) is 11.6 Å². The molecule has 5 rings (SSSR count). The van der Waals surface area contributed by atoms with E-state index in [2.05, 4.69) is 22.3 Å². The molecule has 2 aliphatic carbocycles. The van der Waals surface area contributed by atoms with Crippen molar-refractivity contribution in [2.75, 3.05) is 26.4 Å². The highest BCUT2D eigenvalue weighted by molar-refractivity contribution is 5.87. The van der Waals surface area contributed by atoms with E-state index in [0.717, 1.165) is 43.3 Å². The van der Waals surface area contributed by atoms with Crippen LogP contribution in [0.25, 0.3) is 0 Å². The molecule has 1 amide bonds. The maximum Gasteiger partial charge on any atom is 0.252 e. The van der Waals surface area contributed by atoms with Crippen molar-refractivity contribution in [1.82, 2.24) is 10.2 Å². The van der Waals surface area contributed by atoms with Crippen LogP contribution in [-0.4, -0.2) is 54.0 Å². The molecule has 3 fully saturated rings. The first kappa shape index (κ1) is 20.1. The number of piperidine rings is 1. The fourth-order valence-corrected chi connectivity index (χ4v) is 5.37. The quantitative estimate of drug-likeness (QED) is 0.748. The molecule has 2 aliphatic heterocycles. The van der Waals surface area contributed by atoms with Gasteiger partial charge in [0.1, 0.15) is 5.60 Å². The summed E-state index contributed by atoms with van der Waals surface area (Å²) in [6, 6.07) is 6.54. The minimum atomic E-state index is -1.04. The van der Waals surface area contributed by atoms with Crippen molar-refractivity contribution in [2.24, 2.45) is 5.92 Å². The van der Waals surface area contributed by atoms with E-state index in [9.17, 15) is 9.90 Å². The third-order valence-electron chi connectivity index (χ3n) is 7.64. The van der Waals surface area contributed by atoms with Crippen LogP contribution in [0.15, 0.2) is 18.2 Å². The molecule has 2 heterocycles. The number of carbonyl (C=O) groups is 1. The Morgan fingerprint density at radius 3 is 2.60 bits per heavy atom. The Balaban J connectivity index is 1.02. The summed E-state index contributed by atoms with van der Waals surface area (Å²) >= 11 is 0.